The maximum absolute atomic E-state index is 9.05. The lowest BCUT2D eigenvalue weighted by Crippen LogP contribution is -2.26. The molecule has 0 aromatic heterocycles. The van der Waals surface area contributed by atoms with E-state index in [4.69, 9.17) is 5.26 Å². The Bertz CT molecular complexity index is 468. The Morgan fingerprint density at radius 3 is 3.07 bits per heavy atom. The van der Waals surface area contributed by atoms with Gasteiger partial charge in [0.15, 0.2) is 6.19 Å². The van der Waals surface area contributed by atoms with Crippen LogP contribution in [0.15, 0.2) is 30.0 Å². The van der Waals surface area contributed by atoms with E-state index in [9.17, 15) is 0 Å². The van der Waals surface area contributed by atoms with Gasteiger partial charge in [0.1, 0.15) is 0 Å². The second kappa shape index (κ2) is 3.13. The van der Waals surface area contributed by atoms with Crippen LogP contribution < -0.4 is 0 Å². The number of nitrogens with zero attached hydrogens (tertiary/aromatic N) is 2. The summed E-state index contributed by atoms with van der Waals surface area (Å²) in [5.41, 5.74) is 3.89. The van der Waals surface area contributed by atoms with Crippen LogP contribution in [0.4, 0.5) is 0 Å². The maximum Gasteiger partial charge on any atom is 0.183 e. The largest absolute Gasteiger partial charge is 0.283 e. The van der Waals surface area contributed by atoms with Crippen LogP contribution in [0.3, 0.4) is 0 Å². The summed E-state index contributed by atoms with van der Waals surface area (Å²) in [6, 6.07) is 8.46. The molecule has 15 heavy (non-hydrogen) atoms. The first kappa shape index (κ1) is 8.55. The van der Waals surface area contributed by atoms with Crippen LogP contribution in [0, 0.1) is 11.5 Å². The highest BCUT2D eigenvalue weighted by molar-refractivity contribution is 5.66. The fourth-order valence-electron chi connectivity index (χ4n) is 2.64. The number of piperidine rings is 1. The van der Waals surface area contributed by atoms with Gasteiger partial charge in [-0.2, -0.15) is 5.26 Å². The first-order valence-electron chi connectivity index (χ1n) is 5.38. The molecule has 2 nitrogen and oxygen atoms in total. The van der Waals surface area contributed by atoms with Crippen molar-refractivity contribution >= 4 is 6.08 Å². The topological polar surface area (TPSA) is 27.0 Å². The lowest BCUT2D eigenvalue weighted by molar-refractivity contribution is 0.371. The molecule has 2 aliphatic rings. The molecule has 0 amide bonds. The van der Waals surface area contributed by atoms with Gasteiger partial charge in [-0.05, 0) is 30.0 Å². The van der Waals surface area contributed by atoms with Crippen molar-refractivity contribution in [2.24, 2.45) is 0 Å². The molecular formula is C13H12N2. The van der Waals surface area contributed by atoms with Crippen molar-refractivity contribution in [3.8, 4) is 6.19 Å². The van der Waals surface area contributed by atoms with Gasteiger partial charge < -0.3 is 0 Å². The normalized spacial score (nSPS) is 22.7. The third-order valence-electron chi connectivity index (χ3n) is 3.34. The highest BCUT2D eigenvalue weighted by atomic mass is 15.1. The molecule has 0 bridgehead atoms. The highest BCUT2D eigenvalue weighted by Crippen LogP contribution is 2.43. The fraction of sp³-hybridized carbons (Fsp3) is 0.308. The summed E-state index contributed by atoms with van der Waals surface area (Å²) in [5, 5.41) is 9.05. The number of fused-ring (bicyclic) bond motifs is 3. The molecule has 74 valence electrons. The fourth-order valence-corrected chi connectivity index (χ4v) is 2.64. The Hall–Kier alpha value is -1.75. The van der Waals surface area contributed by atoms with Crippen LogP contribution in [0.25, 0.3) is 6.08 Å². The second-order valence-electron chi connectivity index (χ2n) is 4.14. The third kappa shape index (κ3) is 1.16. The minimum absolute atomic E-state index is 0.467. The molecule has 1 atom stereocenters. The van der Waals surface area contributed by atoms with E-state index < -0.39 is 0 Å². The molecule has 1 fully saturated rings. The number of rotatable bonds is 0. The molecule has 0 N–H and O–H groups in total. The first-order chi connectivity index (χ1) is 7.40. The molecule has 0 radical (unpaired) electrons. The molecule has 1 aliphatic carbocycles. The van der Waals surface area contributed by atoms with E-state index >= 15 is 0 Å². The van der Waals surface area contributed by atoms with E-state index in [-0.39, 0.29) is 0 Å². The Morgan fingerprint density at radius 2 is 2.20 bits per heavy atom. The number of hydrogen-bond donors (Lipinski definition) is 0. The molecule has 1 unspecified atom stereocenters. The summed E-state index contributed by atoms with van der Waals surface area (Å²) in [5.74, 6) is 0.467. The van der Waals surface area contributed by atoms with Crippen LogP contribution in [0.2, 0.25) is 0 Å². The van der Waals surface area contributed by atoms with Gasteiger partial charge >= 0.3 is 0 Å². The summed E-state index contributed by atoms with van der Waals surface area (Å²) < 4.78 is 0. The summed E-state index contributed by atoms with van der Waals surface area (Å²) >= 11 is 0. The molecule has 3 rings (SSSR count). The Labute approximate surface area is 89.4 Å². The lowest BCUT2D eigenvalue weighted by atomic mass is 9.91. The van der Waals surface area contributed by atoms with Gasteiger partial charge in [-0.25, -0.2) is 0 Å². The summed E-state index contributed by atoms with van der Waals surface area (Å²) in [7, 11) is 0. The van der Waals surface area contributed by atoms with Crippen LogP contribution in [0.5, 0.6) is 0 Å². The van der Waals surface area contributed by atoms with Gasteiger partial charge in [0, 0.05) is 18.2 Å². The van der Waals surface area contributed by atoms with Gasteiger partial charge in [-0.3, -0.25) is 4.90 Å². The molecule has 1 aliphatic heterocycles. The summed E-state index contributed by atoms with van der Waals surface area (Å²) in [6.45, 7) is 0.882. The zero-order chi connectivity index (χ0) is 10.3. The van der Waals surface area contributed by atoms with Crippen LogP contribution in [0.1, 0.15) is 29.9 Å². The molecule has 2 heteroatoms. The van der Waals surface area contributed by atoms with Gasteiger partial charge in [0.05, 0.1) is 0 Å². The van der Waals surface area contributed by atoms with Gasteiger partial charge in [0.2, 0.25) is 0 Å². The van der Waals surface area contributed by atoms with Crippen LogP contribution >= 0.6 is 0 Å². The third-order valence-corrected chi connectivity index (χ3v) is 3.34. The van der Waals surface area contributed by atoms with E-state index in [1.54, 1.807) is 0 Å². The number of likely N-dealkylation sites (tertiary alicyclic amines) is 1. The molecular weight excluding hydrogens is 184 g/mol. The number of hydrogen-bond acceptors (Lipinski definition) is 2. The van der Waals surface area contributed by atoms with Crippen molar-refractivity contribution in [3.63, 3.8) is 0 Å². The monoisotopic (exact) mass is 196 g/mol. The van der Waals surface area contributed by atoms with E-state index in [1.807, 2.05) is 4.90 Å². The van der Waals surface area contributed by atoms with Crippen molar-refractivity contribution in [1.82, 2.24) is 4.90 Å². The molecule has 1 aromatic carbocycles. The maximum atomic E-state index is 9.05. The zero-order valence-electron chi connectivity index (χ0n) is 8.48. The predicted octanol–water partition coefficient (Wildman–Crippen LogP) is 2.70. The quantitative estimate of drug-likeness (QED) is 0.596. The van der Waals surface area contributed by atoms with Crippen LogP contribution in [-0.4, -0.2) is 11.4 Å². The minimum Gasteiger partial charge on any atom is -0.283 e. The second-order valence-corrected chi connectivity index (χ2v) is 4.14. The van der Waals surface area contributed by atoms with Gasteiger partial charge in [-0.1, -0.05) is 24.3 Å². The van der Waals surface area contributed by atoms with Crippen molar-refractivity contribution in [3.05, 3.63) is 41.1 Å². The van der Waals surface area contributed by atoms with Gasteiger partial charge in [-0.15, -0.1) is 0 Å². The molecule has 0 spiro atoms. The lowest BCUT2D eigenvalue weighted by Gasteiger charge is -2.29. The van der Waals surface area contributed by atoms with E-state index in [2.05, 4.69) is 36.5 Å². The van der Waals surface area contributed by atoms with Crippen molar-refractivity contribution in [1.29, 1.82) is 5.26 Å². The Morgan fingerprint density at radius 1 is 1.33 bits per heavy atom. The van der Waals surface area contributed by atoms with E-state index in [1.165, 1.54) is 23.2 Å². The Kier molecular flexibility index (Phi) is 1.78. The van der Waals surface area contributed by atoms with Crippen LogP contribution in [-0.2, 0) is 0 Å². The average Bonchev–Trinajstić information content (AvgIpc) is 2.67. The average molecular weight is 196 g/mol. The number of nitriles is 1. The van der Waals surface area contributed by atoms with E-state index in [0.29, 0.717) is 5.92 Å². The Balaban J connectivity index is 2.08. The van der Waals surface area contributed by atoms with Gasteiger partial charge in [0.25, 0.3) is 0 Å². The summed E-state index contributed by atoms with van der Waals surface area (Å²) in [6.07, 6.45) is 6.74. The standard InChI is InChI=1S/C13H12N2/c14-9-15-7-3-6-12-11-5-2-1-4-10(11)8-13(12)15/h1-2,4-5,8,12H,3,6-7H2. The predicted molar refractivity (Wildman–Crippen MR) is 58.7 cm³/mol. The number of allylic oxidation sites excluding steroid dienone is 1. The smallest absolute Gasteiger partial charge is 0.183 e. The molecule has 0 saturated carbocycles. The SMILES string of the molecule is N#CN1CCCC2C1=Cc1ccccc12. The molecule has 1 aromatic rings. The summed E-state index contributed by atoms with van der Waals surface area (Å²) in [4.78, 5) is 1.84. The van der Waals surface area contributed by atoms with Crippen molar-refractivity contribution < 1.29 is 0 Å². The molecule has 1 heterocycles. The zero-order valence-corrected chi connectivity index (χ0v) is 8.48. The van der Waals surface area contributed by atoms with E-state index in [0.717, 1.165) is 13.0 Å². The number of benzene rings is 1. The van der Waals surface area contributed by atoms with Crippen molar-refractivity contribution in [2.45, 2.75) is 18.8 Å². The minimum atomic E-state index is 0.467. The van der Waals surface area contributed by atoms with Crippen molar-refractivity contribution in [2.75, 3.05) is 6.54 Å². The first-order valence-corrected chi connectivity index (χ1v) is 5.38. The molecule has 1 saturated heterocycles. The highest BCUT2D eigenvalue weighted by Gasteiger charge is 2.31.